The highest BCUT2D eigenvalue weighted by atomic mass is 16.5. The van der Waals surface area contributed by atoms with Crippen molar-refractivity contribution in [2.45, 2.75) is 106 Å². The Bertz CT molecular complexity index is 687. The monoisotopic (exact) mass is 465 g/mol. The maximum absolute atomic E-state index is 13.7. The number of ether oxygens (including phenoxy) is 1. The summed E-state index contributed by atoms with van der Waals surface area (Å²) in [4.78, 5) is 43.2. The fourth-order valence-electron chi connectivity index (χ4n) is 4.52. The van der Waals surface area contributed by atoms with Crippen molar-refractivity contribution in [1.29, 1.82) is 0 Å². The molecule has 0 aliphatic carbocycles. The summed E-state index contributed by atoms with van der Waals surface area (Å²) in [6, 6.07) is -0.810. The van der Waals surface area contributed by atoms with Gasteiger partial charge in [-0.15, -0.1) is 0 Å². The predicted molar refractivity (Wildman–Crippen MR) is 133 cm³/mol. The number of piperidine rings is 1. The number of hydrogen-bond donors (Lipinski definition) is 1. The number of nitrogens with zero attached hydrogens (tertiary/aromatic N) is 2. The molecule has 1 aliphatic heterocycles. The number of nitrogens with one attached hydrogen (secondary N) is 1. The van der Waals surface area contributed by atoms with E-state index in [9.17, 15) is 14.4 Å². The number of amides is 2. The SMILES string of the molecule is CCOC(=O)C(C)=CC(C(C)C)N(CC)C(=O)[C@@H](NC(=O)[C@H]1CCCCN1C(C)C)C(C)C. The van der Waals surface area contributed by atoms with Crippen molar-refractivity contribution >= 4 is 17.8 Å². The van der Waals surface area contributed by atoms with E-state index in [4.69, 9.17) is 4.74 Å². The zero-order chi connectivity index (χ0) is 25.3. The molecule has 1 unspecified atom stereocenters. The normalized spacial score (nSPS) is 19.5. The average Bonchev–Trinajstić information content (AvgIpc) is 2.76. The fourth-order valence-corrected chi connectivity index (χ4v) is 4.52. The summed E-state index contributed by atoms with van der Waals surface area (Å²) in [5.74, 6) is -0.511. The molecule has 1 rings (SSSR count). The molecule has 0 spiro atoms. The molecule has 1 N–H and O–H groups in total. The van der Waals surface area contributed by atoms with Gasteiger partial charge in [0, 0.05) is 18.2 Å². The molecule has 0 aromatic heterocycles. The number of likely N-dealkylation sites (N-methyl/N-ethyl adjacent to an activating group) is 1. The predicted octanol–water partition coefficient (Wildman–Crippen LogP) is 3.77. The number of carbonyl (C=O) groups is 3. The molecule has 2 amide bonds. The first-order chi connectivity index (χ1) is 15.5. The molecule has 190 valence electrons. The smallest absolute Gasteiger partial charge is 0.333 e. The van der Waals surface area contributed by atoms with Crippen molar-refractivity contribution in [3.05, 3.63) is 11.6 Å². The molecule has 1 aliphatic rings. The van der Waals surface area contributed by atoms with Crippen LogP contribution >= 0.6 is 0 Å². The zero-order valence-electron chi connectivity index (χ0n) is 22.3. The summed E-state index contributed by atoms with van der Waals surface area (Å²) in [5.41, 5.74) is 0.488. The quantitative estimate of drug-likeness (QED) is 0.371. The second kappa shape index (κ2) is 13.7. The van der Waals surface area contributed by atoms with E-state index in [1.165, 1.54) is 0 Å². The summed E-state index contributed by atoms with van der Waals surface area (Å²) < 4.78 is 5.12. The van der Waals surface area contributed by atoms with Crippen molar-refractivity contribution in [1.82, 2.24) is 15.1 Å². The van der Waals surface area contributed by atoms with E-state index in [1.54, 1.807) is 18.7 Å². The second-order valence-electron chi connectivity index (χ2n) is 10.0. The van der Waals surface area contributed by atoms with Crippen LogP contribution in [0.15, 0.2) is 11.6 Å². The topological polar surface area (TPSA) is 79.0 Å². The molecule has 7 heteroatoms. The summed E-state index contributed by atoms with van der Waals surface area (Å²) in [5, 5.41) is 3.09. The summed E-state index contributed by atoms with van der Waals surface area (Å²) in [7, 11) is 0. The molecule has 7 nitrogen and oxygen atoms in total. The largest absolute Gasteiger partial charge is 0.463 e. The van der Waals surface area contributed by atoms with E-state index < -0.39 is 6.04 Å². The maximum Gasteiger partial charge on any atom is 0.333 e. The van der Waals surface area contributed by atoms with E-state index in [1.807, 2.05) is 40.7 Å². The van der Waals surface area contributed by atoms with Crippen LogP contribution < -0.4 is 5.32 Å². The molecule has 3 atom stereocenters. The Morgan fingerprint density at radius 3 is 2.18 bits per heavy atom. The highest BCUT2D eigenvalue weighted by Crippen LogP contribution is 2.22. The van der Waals surface area contributed by atoms with Gasteiger partial charge in [0.25, 0.3) is 0 Å². The van der Waals surface area contributed by atoms with Gasteiger partial charge in [-0.1, -0.05) is 40.2 Å². The minimum atomic E-state index is -0.620. The lowest BCUT2D eigenvalue weighted by atomic mass is 9.95. The molecule has 0 radical (unpaired) electrons. The molecule has 1 heterocycles. The van der Waals surface area contributed by atoms with Crippen LogP contribution in [0.1, 0.15) is 81.6 Å². The van der Waals surface area contributed by atoms with E-state index in [-0.39, 0.29) is 47.7 Å². The highest BCUT2D eigenvalue weighted by molar-refractivity contribution is 5.91. The summed E-state index contributed by atoms with van der Waals surface area (Å²) in [6.07, 6.45) is 4.76. The Morgan fingerprint density at radius 2 is 1.70 bits per heavy atom. The van der Waals surface area contributed by atoms with Crippen LogP contribution in [-0.4, -0.2) is 71.4 Å². The Morgan fingerprint density at radius 1 is 1.06 bits per heavy atom. The zero-order valence-corrected chi connectivity index (χ0v) is 22.3. The standard InChI is InChI=1S/C26H47N3O4/c1-10-28(22(17(3)4)16-20(9)26(32)33-11-2)25(31)23(18(5)6)27-24(30)21-14-12-13-15-29(21)19(7)8/h16-19,21-23H,10-15H2,1-9H3,(H,27,30)/t21-,22?,23+/m1/s1. The molecule has 0 aromatic rings. The Hall–Kier alpha value is -1.89. The third kappa shape index (κ3) is 8.13. The van der Waals surface area contributed by atoms with E-state index >= 15 is 0 Å². The van der Waals surface area contributed by atoms with Gasteiger partial charge in [-0.2, -0.15) is 0 Å². The highest BCUT2D eigenvalue weighted by Gasteiger charge is 2.36. The van der Waals surface area contributed by atoms with E-state index in [0.29, 0.717) is 18.7 Å². The van der Waals surface area contributed by atoms with Gasteiger partial charge < -0.3 is 15.0 Å². The van der Waals surface area contributed by atoms with Crippen LogP contribution in [0.4, 0.5) is 0 Å². The van der Waals surface area contributed by atoms with Gasteiger partial charge in [0.2, 0.25) is 11.8 Å². The average molecular weight is 466 g/mol. The summed E-state index contributed by atoms with van der Waals surface area (Å²) in [6.45, 7) is 19.3. The van der Waals surface area contributed by atoms with Crippen molar-refractivity contribution < 1.29 is 19.1 Å². The molecule has 0 aromatic carbocycles. The lowest BCUT2D eigenvalue weighted by molar-refractivity contribution is -0.141. The minimum Gasteiger partial charge on any atom is -0.463 e. The summed E-state index contributed by atoms with van der Waals surface area (Å²) >= 11 is 0. The number of carbonyl (C=O) groups excluding carboxylic acids is 3. The number of likely N-dealkylation sites (tertiary alicyclic amines) is 1. The first-order valence-electron chi connectivity index (χ1n) is 12.7. The minimum absolute atomic E-state index is 0.0606. The van der Waals surface area contributed by atoms with Crippen LogP contribution in [0.5, 0.6) is 0 Å². The maximum atomic E-state index is 13.7. The molecular formula is C26H47N3O4. The third-order valence-electron chi connectivity index (χ3n) is 6.43. The molecule has 1 fully saturated rings. The van der Waals surface area contributed by atoms with E-state index in [0.717, 1.165) is 25.8 Å². The Balaban J connectivity index is 3.14. The van der Waals surface area contributed by atoms with Crippen molar-refractivity contribution in [2.75, 3.05) is 19.7 Å². The fraction of sp³-hybridized carbons (Fsp3) is 0.808. The molecule has 0 bridgehead atoms. The van der Waals surface area contributed by atoms with Crippen molar-refractivity contribution in [3.63, 3.8) is 0 Å². The number of hydrogen-bond acceptors (Lipinski definition) is 5. The van der Waals surface area contributed by atoms with Gasteiger partial charge in [0.1, 0.15) is 6.04 Å². The van der Waals surface area contributed by atoms with Gasteiger partial charge in [0.15, 0.2) is 0 Å². The van der Waals surface area contributed by atoms with Crippen molar-refractivity contribution in [2.24, 2.45) is 11.8 Å². The van der Waals surface area contributed by atoms with Gasteiger partial charge in [0.05, 0.1) is 18.7 Å². The number of esters is 1. The molecule has 1 saturated heterocycles. The lowest BCUT2D eigenvalue weighted by Gasteiger charge is -2.39. The Labute approximate surface area is 201 Å². The van der Waals surface area contributed by atoms with Gasteiger partial charge >= 0.3 is 5.97 Å². The first kappa shape index (κ1) is 29.1. The van der Waals surface area contributed by atoms with E-state index in [2.05, 4.69) is 24.1 Å². The Kier molecular flexibility index (Phi) is 12.1. The molecule has 0 saturated carbocycles. The van der Waals surface area contributed by atoms with Gasteiger partial charge in [-0.25, -0.2) is 4.79 Å². The lowest BCUT2D eigenvalue weighted by Crippen LogP contribution is -2.59. The van der Waals surface area contributed by atoms with Crippen molar-refractivity contribution in [3.8, 4) is 0 Å². The molecular weight excluding hydrogens is 418 g/mol. The third-order valence-corrected chi connectivity index (χ3v) is 6.43. The second-order valence-corrected chi connectivity index (χ2v) is 10.0. The van der Waals surface area contributed by atoms with Crippen LogP contribution in [0.25, 0.3) is 0 Å². The van der Waals surface area contributed by atoms with Crippen LogP contribution in [0.3, 0.4) is 0 Å². The first-order valence-corrected chi connectivity index (χ1v) is 12.7. The van der Waals surface area contributed by atoms with Crippen LogP contribution in [0.2, 0.25) is 0 Å². The van der Waals surface area contributed by atoms with Crippen LogP contribution in [-0.2, 0) is 19.1 Å². The van der Waals surface area contributed by atoms with Gasteiger partial charge in [-0.05, 0) is 65.8 Å². The van der Waals surface area contributed by atoms with Crippen LogP contribution in [0, 0.1) is 11.8 Å². The molecule has 33 heavy (non-hydrogen) atoms. The number of rotatable bonds is 11. The van der Waals surface area contributed by atoms with Gasteiger partial charge in [-0.3, -0.25) is 14.5 Å².